The molecule has 20 heavy (non-hydrogen) atoms. The van der Waals surface area contributed by atoms with E-state index in [9.17, 15) is 0 Å². The molecule has 0 saturated heterocycles. The van der Waals surface area contributed by atoms with Gasteiger partial charge in [-0.1, -0.05) is 39.7 Å². The summed E-state index contributed by atoms with van der Waals surface area (Å²) in [6, 6.07) is 13.0. The number of aromatic nitrogens is 4. The molecule has 7 heteroatoms. The first-order chi connectivity index (χ1) is 9.66. The monoisotopic (exact) mass is 349 g/mol. The van der Waals surface area contributed by atoms with Crippen LogP contribution in [0.15, 0.2) is 46.9 Å². The summed E-state index contributed by atoms with van der Waals surface area (Å²) in [4.78, 5) is 0. The van der Waals surface area contributed by atoms with Crippen molar-refractivity contribution >= 4 is 33.2 Å². The van der Waals surface area contributed by atoms with Gasteiger partial charge in [0.05, 0.1) is 16.4 Å². The molecule has 0 fully saturated rings. The van der Waals surface area contributed by atoms with E-state index >= 15 is 0 Å². The Morgan fingerprint density at radius 3 is 2.75 bits per heavy atom. The lowest BCUT2D eigenvalue weighted by atomic mass is 10.1. The summed E-state index contributed by atoms with van der Waals surface area (Å²) in [6.07, 6.45) is 0. The molecule has 0 aliphatic carbocycles. The molecule has 0 aliphatic heterocycles. The lowest BCUT2D eigenvalue weighted by molar-refractivity contribution is 0.791. The first-order valence-electron chi connectivity index (χ1n) is 5.75. The number of hydrogen-bond donors (Lipinski definition) is 1. The first-order valence-corrected chi connectivity index (χ1v) is 6.92. The average Bonchev–Trinajstić information content (AvgIpc) is 2.91. The summed E-state index contributed by atoms with van der Waals surface area (Å²) >= 11 is 9.47. The van der Waals surface area contributed by atoms with E-state index in [1.807, 2.05) is 36.4 Å². The maximum absolute atomic E-state index is 6.04. The molecule has 1 heterocycles. The van der Waals surface area contributed by atoms with Crippen molar-refractivity contribution in [2.75, 3.05) is 5.73 Å². The minimum Gasteiger partial charge on any atom is -0.397 e. The van der Waals surface area contributed by atoms with Crippen LogP contribution in [-0.2, 0) is 0 Å². The Labute approximate surface area is 128 Å². The molecular weight excluding hydrogens is 342 g/mol. The fourth-order valence-corrected chi connectivity index (χ4v) is 2.43. The van der Waals surface area contributed by atoms with E-state index in [1.165, 1.54) is 0 Å². The highest BCUT2D eigenvalue weighted by molar-refractivity contribution is 9.10. The van der Waals surface area contributed by atoms with Crippen molar-refractivity contribution < 1.29 is 0 Å². The molecule has 0 saturated carbocycles. The Morgan fingerprint density at radius 1 is 1.15 bits per heavy atom. The first kappa shape index (κ1) is 13.1. The van der Waals surface area contributed by atoms with Gasteiger partial charge in [-0.3, -0.25) is 0 Å². The lowest BCUT2D eigenvalue weighted by Crippen LogP contribution is -2.02. The second kappa shape index (κ2) is 5.22. The highest BCUT2D eigenvalue weighted by Gasteiger charge is 2.14. The molecule has 3 aromatic rings. The van der Waals surface area contributed by atoms with Gasteiger partial charge in [0.1, 0.15) is 0 Å². The number of benzene rings is 2. The van der Waals surface area contributed by atoms with Gasteiger partial charge in [-0.2, -0.15) is 4.68 Å². The molecule has 0 atom stereocenters. The number of nitrogen functional groups attached to an aromatic ring is 1. The SMILES string of the molecule is Nc1c(Cl)cccc1-c1nnnn1-c1cccc(Br)c1. The van der Waals surface area contributed by atoms with Crippen molar-refractivity contribution in [3.8, 4) is 17.1 Å². The Balaban J connectivity index is 2.18. The largest absolute Gasteiger partial charge is 0.397 e. The third kappa shape index (κ3) is 2.28. The van der Waals surface area contributed by atoms with Crippen LogP contribution in [0.25, 0.3) is 17.1 Å². The van der Waals surface area contributed by atoms with Crippen LogP contribution < -0.4 is 5.73 Å². The van der Waals surface area contributed by atoms with Crippen molar-refractivity contribution in [1.82, 2.24) is 20.2 Å². The smallest absolute Gasteiger partial charge is 0.189 e. The van der Waals surface area contributed by atoms with E-state index in [0.717, 1.165) is 10.2 Å². The minimum absolute atomic E-state index is 0.459. The Morgan fingerprint density at radius 2 is 1.95 bits per heavy atom. The van der Waals surface area contributed by atoms with Crippen LogP contribution >= 0.6 is 27.5 Å². The summed E-state index contributed by atoms with van der Waals surface area (Å²) in [5, 5.41) is 12.3. The van der Waals surface area contributed by atoms with E-state index < -0.39 is 0 Å². The van der Waals surface area contributed by atoms with Crippen molar-refractivity contribution in [3.63, 3.8) is 0 Å². The Kier molecular flexibility index (Phi) is 3.42. The number of hydrogen-bond acceptors (Lipinski definition) is 4. The maximum atomic E-state index is 6.04. The summed E-state index contributed by atoms with van der Waals surface area (Å²) in [5.41, 5.74) is 7.99. The molecule has 2 N–H and O–H groups in total. The number of anilines is 1. The summed E-state index contributed by atoms with van der Waals surface area (Å²) < 4.78 is 2.56. The standard InChI is InChI=1S/C13H9BrClN5/c14-8-3-1-4-9(7-8)20-13(17-18-19-20)10-5-2-6-11(15)12(10)16/h1-7H,16H2. The minimum atomic E-state index is 0.459. The second-order valence-corrected chi connectivity index (χ2v) is 5.42. The molecule has 5 nitrogen and oxygen atoms in total. The normalized spacial score (nSPS) is 10.7. The van der Waals surface area contributed by atoms with Gasteiger partial charge in [0.2, 0.25) is 0 Å². The fraction of sp³-hybridized carbons (Fsp3) is 0. The third-order valence-corrected chi connectivity index (χ3v) is 3.64. The molecule has 1 aromatic heterocycles. The number of para-hydroxylation sites is 1. The summed E-state index contributed by atoms with van der Waals surface area (Å²) in [7, 11) is 0. The molecule has 0 aliphatic rings. The molecule has 3 rings (SSSR count). The highest BCUT2D eigenvalue weighted by atomic mass is 79.9. The zero-order valence-corrected chi connectivity index (χ0v) is 12.5. The molecule has 0 unspecified atom stereocenters. The third-order valence-electron chi connectivity index (χ3n) is 2.82. The number of tetrazole rings is 1. The van der Waals surface area contributed by atoms with Crippen LogP contribution in [0.4, 0.5) is 5.69 Å². The van der Waals surface area contributed by atoms with Crippen LogP contribution in [0, 0.1) is 0 Å². The Bertz CT molecular complexity index is 771. The molecule has 0 bridgehead atoms. The fourth-order valence-electron chi connectivity index (χ4n) is 1.87. The highest BCUT2D eigenvalue weighted by Crippen LogP contribution is 2.31. The van der Waals surface area contributed by atoms with Crippen molar-refractivity contribution in [3.05, 3.63) is 52.0 Å². The number of halogens is 2. The van der Waals surface area contributed by atoms with E-state index in [2.05, 4.69) is 31.5 Å². The van der Waals surface area contributed by atoms with E-state index in [0.29, 0.717) is 22.1 Å². The van der Waals surface area contributed by atoms with Crippen LogP contribution in [-0.4, -0.2) is 20.2 Å². The second-order valence-electron chi connectivity index (χ2n) is 4.10. The van der Waals surface area contributed by atoms with Gasteiger partial charge >= 0.3 is 0 Å². The van der Waals surface area contributed by atoms with Gasteiger partial charge < -0.3 is 5.73 Å². The number of rotatable bonds is 2. The van der Waals surface area contributed by atoms with Crippen LogP contribution in [0.3, 0.4) is 0 Å². The molecule has 2 aromatic carbocycles. The van der Waals surface area contributed by atoms with Gasteiger partial charge in [-0.15, -0.1) is 5.10 Å². The van der Waals surface area contributed by atoms with Crippen LogP contribution in [0.1, 0.15) is 0 Å². The van der Waals surface area contributed by atoms with Gasteiger partial charge in [0, 0.05) is 10.0 Å². The van der Waals surface area contributed by atoms with Crippen molar-refractivity contribution in [2.24, 2.45) is 0 Å². The predicted molar refractivity (Wildman–Crippen MR) is 81.7 cm³/mol. The van der Waals surface area contributed by atoms with E-state index in [-0.39, 0.29) is 0 Å². The van der Waals surface area contributed by atoms with Crippen molar-refractivity contribution in [1.29, 1.82) is 0 Å². The summed E-state index contributed by atoms with van der Waals surface area (Å²) in [5.74, 6) is 0.545. The zero-order chi connectivity index (χ0) is 14.1. The molecular formula is C13H9BrClN5. The van der Waals surface area contributed by atoms with Crippen molar-refractivity contribution in [2.45, 2.75) is 0 Å². The maximum Gasteiger partial charge on any atom is 0.189 e. The van der Waals surface area contributed by atoms with Crippen LogP contribution in [0.2, 0.25) is 5.02 Å². The van der Waals surface area contributed by atoms with Gasteiger partial charge in [-0.25, -0.2) is 0 Å². The molecule has 0 amide bonds. The Hall–Kier alpha value is -1.92. The zero-order valence-electron chi connectivity index (χ0n) is 10.2. The van der Waals surface area contributed by atoms with Gasteiger partial charge in [0.25, 0.3) is 0 Å². The molecule has 0 radical (unpaired) electrons. The topological polar surface area (TPSA) is 69.6 Å². The van der Waals surface area contributed by atoms with Crippen LogP contribution in [0.5, 0.6) is 0 Å². The van der Waals surface area contributed by atoms with Gasteiger partial charge in [-0.05, 0) is 40.8 Å². The molecule has 100 valence electrons. The van der Waals surface area contributed by atoms with Gasteiger partial charge in [0.15, 0.2) is 5.82 Å². The van der Waals surface area contributed by atoms with E-state index in [1.54, 1.807) is 10.7 Å². The van der Waals surface area contributed by atoms with E-state index in [4.69, 9.17) is 17.3 Å². The predicted octanol–water partition coefficient (Wildman–Crippen LogP) is 3.33. The number of nitrogens with two attached hydrogens (primary N) is 1. The summed E-state index contributed by atoms with van der Waals surface area (Å²) in [6.45, 7) is 0. The quantitative estimate of drug-likeness (QED) is 0.720. The lowest BCUT2D eigenvalue weighted by Gasteiger charge is -2.08. The average molecular weight is 351 g/mol. The number of nitrogens with zero attached hydrogens (tertiary/aromatic N) is 4. The molecule has 0 spiro atoms.